The van der Waals surface area contributed by atoms with E-state index in [1.165, 1.54) is 5.56 Å². The summed E-state index contributed by atoms with van der Waals surface area (Å²) in [6.07, 6.45) is 7.32. The van der Waals surface area contributed by atoms with E-state index in [9.17, 15) is 0 Å². The molecule has 0 unspecified atom stereocenters. The number of hydrogen-bond donors (Lipinski definition) is 0. The van der Waals surface area contributed by atoms with Crippen molar-refractivity contribution in [2.45, 2.75) is 12.8 Å². The summed E-state index contributed by atoms with van der Waals surface area (Å²) in [5, 5.41) is 0.767. The van der Waals surface area contributed by atoms with E-state index >= 15 is 0 Å². The molecule has 5 heteroatoms. The van der Waals surface area contributed by atoms with E-state index in [4.69, 9.17) is 11.6 Å². The van der Waals surface area contributed by atoms with Crippen LogP contribution in [-0.2, 0) is 12.8 Å². The van der Waals surface area contributed by atoms with Crippen LogP contribution in [-0.4, -0.2) is 14.4 Å². The third kappa shape index (κ3) is 2.65. The molecule has 2 aromatic heterocycles. The zero-order valence-corrected chi connectivity index (χ0v) is 12.4. The van der Waals surface area contributed by atoms with Gasteiger partial charge in [-0.1, -0.05) is 23.7 Å². The maximum absolute atomic E-state index is 5.88. The predicted octanol–water partition coefficient (Wildman–Crippen LogP) is 3.93. The van der Waals surface area contributed by atoms with Gasteiger partial charge in [0.1, 0.15) is 10.4 Å². The van der Waals surface area contributed by atoms with Crippen LogP contribution in [0, 0.1) is 0 Å². The lowest BCUT2D eigenvalue weighted by Crippen LogP contribution is -1.98. The van der Waals surface area contributed by atoms with Crippen LogP contribution in [0.2, 0.25) is 5.02 Å². The summed E-state index contributed by atoms with van der Waals surface area (Å²) in [6, 6.07) is 7.93. The maximum Gasteiger partial charge on any atom is 0.133 e. The van der Waals surface area contributed by atoms with Gasteiger partial charge in [-0.2, -0.15) is 0 Å². The molecule has 1 aromatic carbocycles. The molecule has 2 heterocycles. The molecule has 3 nitrogen and oxygen atoms in total. The Morgan fingerprint density at radius 3 is 2.74 bits per heavy atom. The Hall–Kier alpha value is -1.39. The number of rotatable bonds is 3. The van der Waals surface area contributed by atoms with E-state index in [1.54, 1.807) is 6.20 Å². The molecule has 0 saturated carbocycles. The van der Waals surface area contributed by atoms with Gasteiger partial charge in [0.25, 0.3) is 0 Å². The van der Waals surface area contributed by atoms with E-state index in [2.05, 4.69) is 42.4 Å². The Bertz CT molecular complexity index is 706. The van der Waals surface area contributed by atoms with Gasteiger partial charge in [0.05, 0.1) is 11.7 Å². The smallest absolute Gasteiger partial charge is 0.133 e. The SMILES string of the molecule is Clc1ccc(CCc2nc(Br)c3cnccn23)cc1. The van der Waals surface area contributed by atoms with Gasteiger partial charge in [-0.05, 0) is 40.0 Å². The van der Waals surface area contributed by atoms with Gasteiger partial charge in [-0.15, -0.1) is 0 Å². The second-order valence-electron chi connectivity index (χ2n) is 4.28. The first-order valence-corrected chi connectivity index (χ1v) is 7.12. The minimum absolute atomic E-state index is 0.767. The molecule has 96 valence electrons. The fourth-order valence-electron chi connectivity index (χ4n) is 2.05. The monoisotopic (exact) mass is 335 g/mol. The lowest BCUT2D eigenvalue weighted by atomic mass is 10.1. The fraction of sp³-hybridized carbons (Fsp3) is 0.143. The van der Waals surface area contributed by atoms with Crippen LogP contribution in [0.15, 0.2) is 47.5 Å². The second-order valence-corrected chi connectivity index (χ2v) is 5.46. The normalized spacial score (nSPS) is 11.1. The molecule has 0 fully saturated rings. The minimum atomic E-state index is 0.767. The number of aryl methyl sites for hydroxylation is 2. The maximum atomic E-state index is 5.88. The van der Waals surface area contributed by atoms with Crippen LogP contribution in [0.3, 0.4) is 0 Å². The van der Waals surface area contributed by atoms with E-state index in [0.29, 0.717) is 0 Å². The number of imidazole rings is 1. The number of aromatic nitrogens is 3. The zero-order chi connectivity index (χ0) is 13.2. The van der Waals surface area contributed by atoms with Crippen molar-refractivity contribution in [3.63, 3.8) is 0 Å². The van der Waals surface area contributed by atoms with E-state index in [-0.39, 0.29) is 0 Å². The Morgan fingerprint density at radius 2 is 1.95 bits per heavy atom. The molecule has 0 radical (unpaired) electrons. The Kier molecular flexibility index (Phi) is 3.53. The molecule has 19 heavy (non-hydrogen) atoms. The predicted molar refractivity (Wildman–Crippen MR) is 79.5 cm³/mol. The first kappa shape index (κ1) is 12.6. The van der Waals surface area contributed by atoms with Crippen LogP contribution in [0.25, 0.3) is 5.52 Å². The average molecular weight is 337 g/mol. The number of hydrogen-bond acceptors (Lipinski definition) is 2. The van der Waals surface area contributed by atoms with Gasteiger partial charge in [0.15, 0.2) is 0 Å². The molecule has 0 saturated heterocycles. The standard InChI is InChI=1S/C14H11BrClN3/c15-14-12-9-17-7-8-19(12)13(18-14)6-3-10-1-4-11(16)5-2-10/h1-2,4-5,7-9H,3,6H2. The molecule has 0 aliphatic carbocycles. The molecular weight excluding hydrogens is 326 g/mol. The van der Waals surface area contributed by atoms with Crippen molar-refractivity contribution < 1.29 is 0 Å². The quantitative estimate of drug-likeness (QED) is 0.725. The summed E-state index contributed by atoms with van der Waals surface area (Å²) >= 11 is 9.34. The van der Waals surface area contributed by atoms with Crippen molar-refractivity contribution in [3.05, 3.63) is 63.9 Å². The minimum Gasteiger partial charge on any atom is -0.300 e. The van der Waals surface area contributed by atoms with Crippen LogP contribution < -0.4 is 0 Å². The Labute approximate surface area is 124 Å². The lowest BCUT2D eigenvalue weighted by Gasteiger charge is -2.02. The van der Waals surface area contributed by atoms with Gasteiger partial charge in [0.2, 0.25) is 0 Å². The van der Waals surface area contributed by atoms with E-state index < -0.39 is 0 Å². The summed E-state index contributed by atoms with van der Waals surface area (Å²) in [5.41, 5.74) is 2.25. The van der Waals surface area contributed by atoms with Gasteiger partial charge < -0.3 is 0 Å². The third-order valence-corrected chi connectivity index (χ3v) is 3.86. The van der Waals surface area contributed by atoms with E-state index in [0.717, 1.165) is 33.8 Å². The number of fused-ring (bicyclic) bond motifs is 1. The molecule has 0 atom stereocenters. The van der Waals surface area contributed by atoms with Crippen molar-refractivity contribution in [2.24, 2.45) is 0 Å². The topological polar surface area (TPSA) is 30.2 Å². The van der Waals surface area contributed by atoms with Gasteiger partial charge >= 0.3 is 0 Å². The first-order chi connectivity index (χ1) is 9.24. The van der Waals surface area contributed by atoms with Crippen LogP contribution in [0.5, 0.6) is 0 Å². The van der Waals surface area contributed by atoms with Gasteiger partial charge in [-0.3, -0.25) is 9.38 Å². The number of halogens is 2. The summed E-state index contributed by atoms with van der Waals surface area (Å²) in [4.78, 5) is 8.65. The summed E-state index contributed by atoms with van der Waals surface area (Å²) in [7, 11) is 0. The fourth-order valence-corrected chi connectivity index (χ4v) is 2.67. The Morgan fingerprint density at radius 1 is 1.16 bits per heavy atom. The second kappa shape index (κ2) is 5.31. The van der Waals surface area contributed by atoms with Crippen LogP contribution >= 0.6 is 27.5 Å². The highest BCUT2D eigenvalue weighted by Gasteiger charge is 2.08. The number of benzene rings is 1. The summed E-state index contributed by atoms with van der Waals surface area (Å²) in [5.74, 6) is 1.03. The largest absolute Gasteiger partial charge is 0.300 e. The zero-order valence-electron chi connectivity index (χ0n) is 10.1. The van der Waals surface area contributed by atoms with Crippen LogP contribution in [0.1, 0.15) is 11.4 Å². The molecular formula is C14H11BrClN3. The summed E-state index contributed by atoms with van der Waals surface area (Å²) in [6.45, 7) is 0. The van der Waals surface area contributed by atoms with Crippen LogP contribution in [0.4, 0.5) is 0 Å². The third-order valence-electron chi connectivity index (χ3n) is 3.03. The molecule has 0 aliphatic heterocycles. The highest BCUT2D eigenvalue weighted by molar-refractivity contribution is 9.10. The molecule has 3 rings (SSSR count). The molecule has 0 N–H and O–H groups in total. The number of nitrogens with zero attached hydrogens (tertiary/aromatic N) is 3. The van der Waals surface area contributed by atoms with Crippen molar-refractivity contribution >= 4 is 33.0 Å². The van der Waals surface area contributed by atoms with Gasteiger partial charge in [-0.25, -0.2) is 4.98 Å². The van der Waals surface area contributed by atoms with Crippen molar-refractivity contribution in [1.82, 2.24) is 14.4 Å². The average Bonchev–Trinajstić information content (AvgIpc) is 2.76. The molecule has 0 aliphatic rings. The van der Waals surface area contributed by atoms with Crippen molar-refractivity contribution in [2.75, 3.05) is 0 Å². The van der Waals surface area contributed by atoms with Gasteiger partial charge in [0, 0.05) is 23.8 Å². The highest BCUT2D eigenvalue weighted by atomic mass is 79.9. The summed E-state index contributed by atoms with van der Waals surface area (Å²) < 4.78 is 2.90. The first-order valence-electron chi connectivity index (χ1n) is 5.95. The Balaban J connectivity index is 1.84. The molecule has 0 bridgehead atoms. The van der Waals surface area contributed by atoms with Crippen molar-refractivity contribution in [1.29, 1.82) is 0 Å². The van der Waals surface area contributed by atoms with E-state index in [1.807, 2.05) is 24.5 Å². The molecule has 3 aromatic rings. The highest BCUT2D eigenvalue weighted by Crippen LogP contribution is 2.19. The lowest BCUT2D eigenvalue weighted by molar-refractivity contribution is 0.849. The van der Waals surface area contributed by atoms with Crippen molar-refractivity contribution in [3.8, 4) is 0 Å². The molecule has 0 amide bonds. The molecule has 0 spiro atoms.